The van der Waals surface area contributed by atoms with E-state index in [0.717, 1.165) is 5.56 Å². The van der Waals surface area contributed by atoms with E-state index in [9.17, 15) is 19.8 Å². The van der Waals surface area contributed by atoms with Gasteiger partial charge >= 0.3 is 6.09 Å². The van der Waals surface area contributed by atoms with E-state index in [1.165, 1.54) is 17.0 Å². The van der Waals surface area contributed by atoms with E-state index in [0.29, 0.717) is 16.5 Å². The first-order valence-electron chi connectivity index (χ1n) is 9.21. The second-order valence-corrected chi connectivity index (χ2v) is 6.73. The molecule has 2 atom stereocenters. The van der Waals surface area contributed by atoms with Gasteiger partial charge in [0.15, 0.2) is 0 Å². The van der Waals surface area contributed by atoms with Crippen LogP contribution in [0, 0.1) is 0 Å². The van der Waals surface area contributed by atoms with Crippen molar-refractivity contribution in [3.8, 4) is 0 Å². The molecule has 1 amide bonds. The van der Waals surface area contributed by atoms with E-state index in [1.807, 2.05) is 30.3 Å². The van der Waals surface area contributed by atoms with E-state index < -0.39 is 18.3 Å². The van der Waals surface area contributed by atoms with Crippen LogP contribution in [-0.2, 0) is 18.4 Å². The Balaban J connectivity index is 1.52. The molecule has 3 N–H and O–H groups in total. The Labute approximate surface area is 167 Å². The number of carbonyl (C=O) groups is 1. The summed E-state index contributed by atoms with van der Waals surface area (Å²) in [6.07, 6.45) is -1.38. The molecular formula is C21H23N3O5. The number of fused-ring (bicyclic) bond motifs is 1. The fourth-order valence-electron chi connectivity index (χ4n) is 2.89. The van der Waals surface area contributed by atoms with Gasteiger partial charge in [-0.25, -0.2) is 9.78 Å². The molecule has 29 heavy (non-hydrogen) atoms. The number of benzene rings is 2. The van der Waals surface area contributed by atoms with Gasteiger partial charge in [-0.05, 0) is 29.7 Å². The molecule has 0 saturated carbocycles. The first kappa shape index (κ1) is 20.5. The van der Waals surface area contributed by atoms with Gasteiger partial charge in [-0.1, -0.05) is 36.4 Å². The van der Waals surface area contributed by atoms with Crippen LogP contribution in [-0.4, -0.2) is 38.5 Å². The molecule has 3 aromatic rings. The van der Waals surface area contributed by atoms with Gasteiger partial charge in [0.25, 0.3) is 5.56 Å². The number of aromatic nitrogens is 2. The van der Waals surface area contributed by atoms with Crippen molar-refractivity contribution in [2.45, 2.75) is 25.2 Å². The van der Waals surface area contributed by atoms with Crippen LogP contribution in [0.1, 0.15) is 23.7 Å². The highest BCUT2D eigenvalue weighted by Crippen LogP contribution is 2.21. The minimum atomic E-state index is -1.20. The summed E-state index contributed by atoms with van der Waals surface area (Å²) in [5.41, 5.74) is 1.56. The molecular weight excluding hydrogens is 374 g/mol. The van der Waals surface area contributed by atoms with Crippen LogP contribution in [0.5, 0.6) is 0 Å². The smallest absolute Gasteiger partial charge is 0.407 e. The van der Waals surface area contributed by atoms with Crippen LogP contribution in [0.2, 0.25) is 0 Å². The molecule has 0 aliphatic heterocycles. The van der Waals surface area contributed by atoms with Gasteiger partial charge in [0.1, 0.15) is 12.7 Å². The highest BCUT2D eigenvalue weighted by molar-refractivity contribution is 5.78. The summed E-state index contributed by atoms with van der Waals surface area (Å²) < 4.78 is 6.44. The molecule has 2 aromatic carbocycles. The predicted molar refractivity (Wildman–Crippen MR) is 107 cm³/mol. The molecule has 8 nitrogen and oxygen atoms in total. The van der Waals surface area contributed by atoms with Crippen molar-refractivity contribution in [2.75, 3.05) is 6.54 Å². The number of hydrogen-bond donors (Lipinski definition) is 3. The van der Waals surface area contributed by atoms with Crippen molar-refractivity contribution in [1.29, 1.82) is 0 Å². The number of aryl methyl sites for hydroxylation is 1. The van der Waals surface area contributed by atoms with Crippen molar-refractivity contribution >= 4 is 17.0 Å². The minimum Gasteiger partial charge on any atom is -0.445 e. The van der Waals surface area contributed by atoms with Crippen molar-refractivity contribution < 1.29 is 19.7 Å². The van der Waals surface area contributed by atoms with Crippen LogP contribution >= 0.6 is 0 Å². The molecule has 3 rings (SSSR count). The summed E-state index contributed by atoms with van der Waals surface area (Å²) in [6, 6.07) is 14.0. The standard InChI is InChI=1S/C21H23N3O5/c1-24-13-23-17-8-7-15(11-16(17)20(24)27)19(26)18(25)9-10-22-21(28)29-12-14-5-3-2-4-6-14/h2-8,11,13,18-19,25-26H,9-10,12H2,1H3,(H,22,28). The number of hydrogen-bond acceptors (Lipinski definition) is 6. The maximum absolute atomic E-state index is 12.2. The zero-order valence-electron chi connectivity index (χ0n) is 16.0. The molecule has 2 unspecified atom stereocenters. The maximum atomic E-state index is 12.2. The first-order chi connectivity index (χ1) is 14.0. The molecule has 0 bridgehead atoms. The third kappa shape index (κ3) is 5.18. The Morgan fingerprint density at radius 1 is 1.21 bits per heavy atom. The van der Waals surface area contributed by atoms with E-state index in [1.54, 1.807) is 19.2 Å². The number of amides is 1. The molecule has 0 fully saturated rings. The maximum Gasteiger partial charge on any atom is 0.407 e. The lowest BCUT2D eigenvalue weighted by molar-refractivity contribution is 0.0137. The summed E-state index contributed by atoms with van der Waals surface area (Å²) in [7, 11) is 1.59. The fourth-order valence-corrected chi connectivity index (χ4v) is 2.89. The van der Waals surface area contributed by atoms with E-state index in [2.05, 4.69) is 10.3 Å². The lowest BCUT2D eigenvalue weighted by Gasteiger charge is -2.18. The normalized spacial score (nSPS) is 13.1. The summed E-state index contributed by atoms with van der Waals surface area (Å²) in [4.78, 5) is 28.1. The third-order valence-electron chi connectivity index (χ3n) is 4.57. The van der Waals surface area contributed by atoms with Crippen LogP contribution in [0.15, 0.2) is 59.7 Å². The number of carbonyl (C=O) groups excluding carboxylic acids is 1. The SMILES string of the molecule is Cn1cnc2ccc(C(O)C(O)CCNC(=O)OCc3ccccc3)cc2c1=O. The molecule has 0 saturated heterocycles. The Bertz CT molecular complexity index is 1040. The summed E-state index contributed by atoms with van der Waals surface area (Å²) >= 11 is 0. The van der Waals surface area contributed by atoms with Crippen LogP contribution in [0.25, 0.3) is 10.9 Å². The molecule has 8 heteroatoms. The number of aliphatic hydroxyl groups excluding tert-OH is 2. The van der Waals surface area contributed by atoms with Gasteiger partial charge in [0.2, 0.25) is 0 Å². The molecule has 0 aliphatic rings. The number of nitrogens with one attached hydrogen (secondary N) is 1. The van der Waals surface area contributed by atoms with Crippen LogP contribution in [0.4, 0.5) is 4.79 Å². The van der Waals surface area contributed by atoms with Crippen LogP contribution < -0.4 is 10.9 Å². The Kier molecular flexibility index (Phi) is 6.58. The average molecular weight is 397 g/mol. The first-order valence-corrected chi connectivity index (χ1v) is 9.21. The summed E-state index contributed by atoms with van der Waals surface area (Å²) in [5, 5.41) is 23.6. The van der Waals surface area contributed by atoms with Gasteiger partial charge in [0.05, 0.1) is 23.3 Å². The third-order valence-corrected chi connectivity index (χ3v) is 4.57. The molecule has 0 radical (unpaired) electrons. The second kappa shape index (κ2) is 9.31. The Morgan fingerprint density at radius 3 is 2.72 bits per heavy atom. The van der Waals surface area contributed by atoms with Crippen molar-refractivity contribution in [1.82, 2.24) is 14.9 Å². The van der Waals surface area contributed by atoms with Crippen molar-refractivity contribution in [3.05, 3.63) is 76.3 Å². The van der Waals surface area contributed by atoms with Gasteiger partial charge in [-0.2, -0.15) is 0 Å². The second-order valence-electron chi connectivity index (χ2n) is 6.73. The van der Waals surface area contributed by atoms with Crippen LogP contribution in [0.3, 0.4) is 0 Å². The van der Waals surface area contributed by atoms with Gasteiger partial charge < -0.3 is 24.8 Å². The fraction of sp³-hybridized carbons (Fsp3) is 0.286. The molecule has 1 heterocycles. The van der Waals surface area contributed by atoms with Gasteiger partial charge in [-0.15, -0.1) is 0 Å². The lowest BCUT2D eigenvalue weighted by atomic mass is 10.0. The highest BCUT2D eigenvalue weighted by Gasteiger charge is 2.19. The van der Waals surface area contributed by atoms with E-state index in [-0.39, 0.29) is 25.1 Å². The predicted octanol–water partition coefficient (Wildman–Crippen LogP) is 1.64. The monoisotopic (exact) mass is 397 g/mol. The van der Waals surface area contributed by atoms with E-state index in [4.69, 9.17) is 4.74 Å². The number of ether oxygens (including phenoxy) is 1. The Morgan fingerprint density at radius 2 is 1.97 bits per heavy atom. The van der Waals surface area contributed by atoms with E-state index >= 15 is 0 Å². The zero-order chi connectivity index (χ0) is 20.8. The molecule has 152 valence electrons. The van der Waals surface area contributed by atoms with Crippen molar-refractivity contribution in [3.63, 3.8) is 0 Å². The average Bonchev–Trinajstić information content (AvgIpc) is 2.75. The van der Waals surface area contributed by atoms with Gasteiger partial charge in [0, 0.05) is 13.6 Å². The molecule has 0 spiro atoms. The largest absolute Gasteiger partial charge is 0.445 e. The molecule has 0 aliphatic carbocycles. The minimum absolute atomic E-state index is 0.116. The number of aliphatic hydroxyl groups is 2. The number of alkyl carbamates (subject to hydrolysis) is 1. The molecule has 1 aromatic heterocycles. The quantitative estimate of drug-likeness (QED) is 0.559. The Hall–Kier alpha value is -3.23. The highest BCUT2D eigenvalue weighted by atomic mass is 16.5. The topological polar surface area (TPSA) is 114 Å². The summed E-state index contributed by atoms with van der Waals surface area (Å²) in [6.45, 7) is 0.278. The number of nitrogens with zero attached hydrogens (tertiary/aromatic N) is 2. The zero-order valence-corrected chi connectivity index (χ0v) is 16.0. The lowest BCUT2D eigenvalue weighted by Crippen LogP contribution is -2.29. The number of rotatable bonds is 7. The van der Waals surface area contributed by atoms with Crippen molar-refractivity contribution in [2.24, 2.45) is 7.05 Å². The summed E-state index contributed by atoms with van der Waals surface area (Å²) in [5.74, 6) is 0. The van der Waals surface area contributed by atoms with Gasteiger partial charge in [-0.3, -0.25) is 4.79 Å².